The first kappa shape index (κ1) is 15.8. The number of unbranched alkanes of at least 4 members (excludes halogenated alkanes) is 2. The van der Waals surface area contributed by atoms with Crippen LogP contribution in [-0.2, 0) is 4.79 Å². The Hall–Kier alpha value is -1.26. The Balaban J connectivity index is 2.19. The van der Waals surface area contributed by atoms with Gasteiger partial charge in [-0.05, 0) is 32.6 Å². The Morgan fingerprint density at radius 3 is 2.63 bits per heavy atom. The van der Waals surface area contributed by atoms with Crippen LogP contribution in [0.4, 0.5) is 4.79 Å². The molecule has 5 heteroatoms. The number of rotatable bonds is 7. The monoisotopic (exact) mass is 270 g/mol. The van der Waals surface area contributed by atoms with E-state index in [0.717, 1.165) is 19.3 Å². The Labute approximate surface area is 115 Å². The Morgan fingerprint density at radius 1 is 1.32 bits per heavy atom. The van der Waals surface area contributed by atoms with Crippen molar-refractivity contribution in [2.75, 3.05) is 0 Å². The molecular weight excluding hydrogens is 244 g/mol. The van der Waals surface area contributed by atoms with Crippen LogP contribution in [0.5, 0.6) is 0 Å². The molecule has 0 aromatic heterocycles. The van der Waals surface area contributed by atoms with Crippen LogP contribution in [0.2, 0.25) is 0 Å². The maximum absolute atomic E-state index is 11.7. The van der Waals surface area contributed by atoms with Crippen molar-refractivity contribution in [2.24, 2.45) is 5.92 Å². The molecule has 1 aliphatic rings. The van der Waals surface area contributed by atoms with Crippen LogP contribution in [0.25, 0.3) is 0 Å². The highest BCUT2D eigenvalue weighted by molar-refractivity contribution is 5.75. The summed E-state index contributed by atoms with van der Waals surface area (Å²) in [5, 5.41) is 14.7. The lowest BCUT2D eigenvalue weighted by atomic mass is 10.1. The molecule has 0 heterocycles. The Morgan fingerprint density at radius 2 is 2.05 bits per heavy atom. The lowest BCUT2D eigenvalue weighted by molar-refractivity contribution is -0.141. The van der Waals surface area contributed by atoms with Crippen molar-refractivity contribution >= 4 is 12.0 Å². The third kappa shape index (κ3) is 5.94. The molecule has 1 saturated carbocycles. The number of carbonyl (C=O) groups is 2. The summed E-state index contributed by atoms with van der Waals surface area (Å²) >= 11 is 0. The number of hydrogen-bond acceptors (Lipinski definition) is 2. The van der Waals surface area contributed by atoms with E-state index in [1.165, 1.54) is 12.8 Å². The average molecular weight is 270 g/mol. The minimum absolute atomic E-state index is 0.00365. The summed E-state index contributed by atoms with van der Waals surface area (Å²) in [6.45, 7) is 4.16. The van der Waals surface area contributed by atoms with Gasteiger partial charge in [-0.25, -0.2) is 4.79 Å². The SMILES string of the molecule is CCCCCC(C)NC(=O)NC1CCC(C(=O)O)C1. The second-order valence-corrected chi connectivity index (χ2v) is 5.56. The van der Waals surface area contributed by atoms with Crippen LogP contribution in [0.1, 0.15) is 58.8 Å². The first-order chi connectivity index (χ1) is 9.02. The third-order valence-electron chi connectivity index (χ3n) is 3.74. The van der Waals surface area contributed by atoms with Gasteiger partial charge in [-0.15, -0.1) is 0 Å². The van der Waals surface area contributed by atoms with Crippen molar-refractivity contribution < 1.29 is 14.7 Å². The maximum Gasteiger partial charge on any atom is 0.315 e. The number of aliphatic carboxylic acids is 1. The second kappa shape index (κ2) is 8.02. The van der Waals surface area contributed by atoms with E-state index in [0.29, 0.717) is 12.8 Å². The summed E-state index contributed by atoms with van der Waals surface area (Å²) in [5.41, 5.74) is 0. The van der Waals surface area contributed by atoms with Gasteiger partial charge >= 0.3 is 12.0 Å². The van der Waals surface area contributed by atoms with Crippen LogP contribution >= 0.6 is 0 Å². The zero-order valence-corrected chi connectivity index (χ0v) is 11.9. The number of urea groups is 1. The molecule has 0 bridgehead atoms. The molecule has 1 aliphatic carbocycles. The second-order valence-electron chi connectivity index (χ2n) is 5.56. The molecule has 3 atom stereocenters. The number of carboxylic acids is 1. The Kier molecular flexibility index (Phi) is 6.67. The van der Waals surface area contributed by atoms with Crippen LogP contribution in [0.3, 0.4) is 0 Å². The minimum atomic E-state index is -0.752. The number of carboxylic acid groups (broad SMARTS) is 1. The fourth-order valence-electron chi connectivity index (χ4n) is 2.56. The lowest BCUT2D eigenvalue weighted by Gasteiger charge is -2.17. The molecule has 0 saturated heterocycles. The zero-order valence-electron chi connectivity index (χ0n) is 11.9. The maximum atomic E-state index is 11.7. The van der Waals surface area contributed by atoms with Gasteiger partial charge in [-0.2, -0.15) is 0 Å². The van der Waals surface area contributed by atoms with Gasteiger partial charge in [-0.3, -0.25) is 4.79 Å². The van der Waals surface area contributed by atoms with E-state index in [4.69, 9.17) is 5.11 Å². The van der Waals surface area contributed by atoms with Gasteiger partial charge in [0.2, 0.25) is 0 Å². The normalized spacial score (nSPS) is 23.9. The molecule has 1 rings (SSSR count). The predicted molar refractivity (Wildman–Crippen MR) is 74.0 cm³/mol. The van der Waals surface area contributed by atoms with Gasteiger partial charge in [0, 0.05) is 12.1 Å². The summed E-state index contributed by atoms with van der Waals surface area (Å²) in [4.78, 5) is 22.6. The molecule has 0 aromatic carbocycles. The molecule has 110 valence electrons. The topological polar surface area (TPSA) is 78.4 Å². The van der Waals surface area contributed by atoms with Crippen molar-refractivity contribution in [1.29, 1.82) is 0 Å². The highest BCUT2D eigenvalue weighted by atomic mass is 16.4. The highest BCUT2D eigenvalue weighted by Gasteiger charge is 2.30. The van der Waals surface area contributed by atoms with Crippen LogP contribution in [0.15, 0.2) is 0 Å². The standard InChI is InChI=1S/C14H26N2O3/c1-3-4-5-6-10(2)15-14(19)16-12-8-7-11(9-12)13(17)18/h10-12H,3-9H2,1-2H3,(H,17,18)(H2,15,16,19). The van der Waals surface area contributed by atoms with Gasteiger partial charge in [0.15, 0.2) is 0 Å². The quantitative estimate of drug-likeness (QED) is 0.622. The van der Waals surface area contributed by atoms with Gasteiger partial charge in [0.25, 0.3) is 0 Å². The number of nitrogens with one attached hydrogen (secondary N) is 2. The van der Waals surface area contributed by atoms with Gasteiger partial charge in [-0.1, -0.05) is 26.2 Å². The summed E-state index contributed by atoms with van der Waals surface area (Å²) in [6.07, 6.45) is 6.45. The van der Waals surface area contributed by atoms with Crippen LogP contribution < -0.4 is 10.6 Å². The number of hydrogen-bond donors (Lipinski definition) is 3. The molecule has 0 aliphatic heterocycles. The molecular formula is C14H26N2O3. The van der Waals surface area contributed by atoms with E-state index in [-0.39, 0.29) is 24.0 Å². The molecule has 3 unspecified atom stereocenters. The van der Waals surface area contributed by atoms with E-state index in [2.05, 4.69) is 17.6 Å². The molecule has 0 spiro atoms. The molecule has 0 aromatic rings. The zero-order chi connectivity index (χ0) is 14.3. The molecule has 5 nitrogen and oxygen atoms in total. The van der Waals surface area contributed by atoms with Crippen LogP contribution in [0, 0.1) is 5.92 Å². The van der Waals surface area contributed by atoms with E-state index in [1.54, 1.807) is 0 Å². The first-order valence-corrected chi connectivity index (χ1v) is 7.32. The van der Waals surface area contributed by atoms with E-state index < -0.39 is 5.97 Å². The van der Waals surface area contributed by atoms with Crippen molar-refractivity contribution in [2.45, 2.75) is 70.9 Å². The van der Waals surface area contributed by atoms with Crippen molar-refractivity contribution in [3.05, 3.63) is 0 Å². The lowest BCUT2D eigenvalue weighted by Crippen LogP contribution is -2.44. The molecule has 0 radical (unpaired) electrons. The summed E-state index contributed by atoms with van der Waals surface area (Å²) in [7, 11) is 0. The first-order valence-electron chi connectivity index (χ1n) is 7.32. The van der Waals surface area contributed by atoms with Crippen molar-refractivity contribution in [3.8, 4) is 0 Å². The van der Waals surface area contributed by atoms with E-state index in [9.17, 15) is 9.59 Å². The largest absolute Gasteiger partial charge is 0.481 e. The smallest absolute Gasteiger partial charge is 0.315 e. The third-order valence-corrected chi connectivity index (χ3v) is 3.74. The highest BCUT2D eigenvalue weighted by Crippen LogP contribution is 2.25. The van der Waals surface area contributed by atoms with E-state index in [1.807, 2.05) is 6.92 Å². The minimum Gasteiger partial charge on any atom is -0.481 e. The summed E-state index contributed by atoms with van der Waals surface area (Å²) in [5.74, 6) is -1.05. The number of carbonyl (C=O) groups excluding carboxylic acids is 1. The fraction of sp³-hybridized carbons (Fsp3) is 0.857. The molecule has 19 heavy (non-hydrogen) atoms. The van der Waals surface area contributed by atoms with Gasteiger partial charge in [0.05, 0.1) is 5.92 Å². The Bertz CT molecular complexity index is 307. The molecule has 1 fully saturated rings. The van der Waals surface area contributed by atoms with Gasteiger partial charge in [0.1, 0.15) is 0 Å². The molecule has 2 amide bonds. The van der Waals surface area contributed by atoms with Gasteiger partial charge < -0.3 is 15.7 Å². The summed E-state index contributed by atoms with van der Waals surface area (Å²) < 4.78 is 0. The average Bonchev–Trinajstić information content (AvgIpc) is 2.77. The van der Waals surface area contributed by atoms with Crippen LogP contribution in [-0.4, -0.2) is 29.2 Å². The fourth-order valence-corrected chi connectivity index (χ4v) is 2.56. The number of amides is 2. The van der Waals surface area contributed by atoms with Crippen molar-refractivity contribution in [3.63, 3.8) is 0 Å². The summed E-state index contributed by atoms with van der Waals surface area (Å²) in [6, 6.07) is 0.00667. The predicted octanol–water partition coefficient (Wildman–Crippen LogP) is 2.51. The van der Waals surface area contributed by atoms with E-state index >= 15 is 0 Å². The van der Waals surface area contributed by atoms with Crippen molar-refractivity contribution in [1.82, 2.24) is 10.6 Å². The molecule has 3 N–H and O–H groups in total.